The Morgan fingerprint density at radius 1 is 1.00 bits per heavy atom. The van der Waals surface area contributed by atoms with Gasteiger partial charge in [-0.05, 0) is 67.0 Å². The number of aromatic nitrogens is 2. The molecule has 0 atom stereocenters. The molecule has 1 saturated heterocycles. The molecule has 5 nitrogen and oxygen atoms in total. The Labute approximate surface area is 201 Å². The standard InChI is InChI=1S/C29H32N4O/c1-3-26-28(33-20-21(2)9-14-27(33)31-26)29(34)30-19-22-10-12-25(13-11-22)32-17-15-24(16-18-32)23-7-5-4-6-8-23/h4-14,20,24H,3,15-19H2,1-2H3,(H,30,34). The number of aryl methyl sites for hydroxylation is 2. The molecule has 0 spiro atoms. The lowest BCUT2D eigenvalue weighted by Gasteiger charge is -2.34. The summed E-state index contributed by atoms with van der Waals surface area (Å²) in [4.78, 5) is 20.2. The summed E-state index contributed by atoms with van der Waals surface area (Å²) in [6, 6.07) is 23.5. The van der Waals surface area contributed by atoms with E-state index >= 15 is 0 Å². The van der Waals surface area contributed by atoms with E-state index < -0.39 is 0 Å². The number of hydrogen-bond donors (Lipinski definition) is 1. The van der Waals surface area contributed by atoms with Gasteiger partial charge in [-0.3, -0.25) is 9.20 Å². The van der Waals surface area contributed by atoms with Gasteiger partial charge in [-0.15, -0.1) is 0 Å². The van der Waals surface area contributed by atoms with Crippen molar-refractivity contribution in [1.82, 2.24) is 14.7 Å². The van der Waals surface area contributed by atoms with E-state index in [4.69, 9.17) is 0 Å². The monoisotopic (exact) mass is 452 g/mol. The number of amides is 1. The van der Waals surface area contributed by atoms with Crippen LogP contribution in [0.15, 0.2) is 72.9 Å². The molecular weight excluding hydrogens is 420 g/mol. The number of fused-ring (bicyclic) bond motifs is 1. The lowest BCUT2D eigenvalue weighted by atomic mass is 9.89. The second-order valence-electron chi connectivity index (χ2n) is 9.22. The number of rotatable bonds is 6. The molecule has 0 unspecified atom stereocenters. The van der Waals surface area contributed by atoms with E-state index in [9.17, 15) is 4.79 Å². The van der Waals surface area contributed by atoms with E-state index in [1.165, 1.54) is 24.1 Å². The van der Waals surface area contributed by atoms with Gasteiger partial charge in [0.2, 0.25) is 0 Å². The highest BCUT2D eigenvalue weighted by Gasteiger charge is 2.21. The second-order valence-corrected chi connectivity index (χ2v) is 9.22. The number of carbonyl (C=O) groups is 1. The maximum atomic E-state index is 13.1. The number of imidazole rings is 1. The predicted molar refractivity (Wildman–Crippen MR) is 138 cm³/mol. The van der Waals surface area contributed by atoms with Crippen LogP contribution in [0.1, 0.15) is 58.6 Å². The second kappa shape index (κ2) is 9.72. The molecule has 174 valence electrons. The van der Waals surface area contributed by atoms with Gasteiger partial charge in [0.1, 0.15) is 11.3 Å². The number of benzene rings is 2. The number of pyridine rings is 1. The highest BCUT2D eigenvalue weighted by Crippen LogP contribution is 2.30. The van der Waals surface area contributed by atoms with Crippen LogP contribution in [0.5, 0.6) is 0 Å². The topological polar surface area (TPSA) is 49.6 Å². The summed E-state index contributed by atoms with van der Waals surface area (Å²) < 4.78 is 1.91. The van der Waals surface area contributed by atoms with Crippen LogP contribution in [0, 0.1) is 6.92 Å². The summed E-state index contributed by atoms with van der Waals surface area (Å²) >= 11 is 0. The normalized spacial score (nSPS) is 14.5. The Morgan fingerprint density at radius 3 is 2.44 bits per heavy atom. The number of piperidine rings is 1. The van der Waals surface area contributed by atoms with Crippen molar-refractivity contribution in [2.45, 2.75) is 45.6 Å². The minimum atomic E-state index is -0.0815. The number of nitrogens with one attached hydrogen (secondary N) is 1. The first-order chi connectivity index (χ1) is 16.6. The average Bonchev–Trinajstić information content (AvgIpc) is 3.26. The fourth-order valence-corrected chi connectivity index (χ4v) is 4.97. The van der Waals surface area contributed by atoms with Gasteiger partial charge in [0.15, 0.2) is 0 Å². The molecule has 1 aliphatic heterocycles. The van der Waals surface area contributed by atoms with Crippen molar-refractivity contribution >= 4 is 17.2 Å². The van der Waals surface area contributed by atoms with Crippen molar-refractivity contribution in [3.63, 3.8) is 0 Å². The maximum absolute atomic E-state index is 13.1. The van der Waals surface area contributed by atoms with E-state index in [2.05, 4.69) is 69.8 Å². The zero-order chi connectivity index (χ0) is 23.5. The first-order valence-corrected chi connectivity index (χ1v) is 12.3. The fraction of sp³-hybridized carbons (Fsp3) is 0.310. The summed E-state index contributed by atoms with van der Waals surface area (Å²) in [7, 11) is 0. The lowest BCUT2D eigenvalue weighted by Crippen LogP contribution is -2.32. The van der Waals surface area contributed by atoms with Crippen LogP contribution in [0.3, 0.4) is 0 Å². The molecule has 1 fully saturated rings. The van der Waals surface area contributed by atoms with Crippen LogP contribution in [-0.2, 0) is 13.0 Å². The molecule has 2 aromatic carbocycles. The highest BCUT2D eigenvalue weighted by atomic mass is 16.1. The van der Waals surface area contributed by atoms with Crippen molar-refractivity contribution in [2.75, 3.05) is 18.0 Å². The molecule has 0 saturated carbocycles. The van der Waals surface area contributed by atoms with Crippen LogP contribution < -0.4 is 10.2 Å². The maximum Gasteiger partial charge on any atom is 0.270 e. The number of carbonyl (C=O) groups excluding carboxylic acids is 1. The van der Waals surface area contributed by atoms with Crippen LogP contribution in [0.25, 0.3) is 5.65 Å². The van der Waals surface area contributed by atoms with Gasteiger partial charge in [0, 0.05) is 31.5 Å². The van der Waals surface area contributed by atoms with Gasteiger partial charge in [0.05, 0.1) is 5.69 Å². The molecular formula is C29H32N4O. The number of anilines is 1. The van der Waals surface area contributed by atoms with Gasteiger partial charge >= 0.3 is 0 Å². The van der Waals surface area contributed by atoms with Crippen LogP contribution in [0.2, 0.25) is 0 Å². The highest BCUT2D eigenvalue weighted by molar-refractivity contribution is 5.94. The Bertz CT molecular complexity index is 1270. The third kappa shape index (κ3) is 4.56. The SMILES string of the molecule is CCc1nc2ccc(C)cn2c1C(=O)NCc1ccc(N2CCC(c3ccccc3)CC2)cc1. The van der Waals surface area contributed by atoms with Crippen molar-refractivity contribution in [3.05, 3.63) is 101 Å². The summed E-state index contributed by atoms with van der Waals surface area (Å²) in [6.07, 6.45) is 5.06. The summed E-state index contributed by atoms with van der Waals surface area (Å²) in [6.45, 7) is 6.70. The number of hydrogen-bond acceptors (Lipinski definition) is 3. The van der Waals surface area contributed by atoms with Gasteiger partial charge in [0.25, 0.3) is 5.91 Å². The molecule has 1 aliphatic rings. The molecule has 4 aromatic rings. The van der Waals surface area contributed by atoms with Crippen molar-refractivity contribution in [2.24, 2.45) is 0 Å². The molecule has 1 N–H and O–H groups in total. The Kier molecular flexibility index (Phi) is 6.35. The molecule has 2 aromatic heterocycles. The van der Waals surface area contributed by atoms with Gasteiger partial charge in [-0.2, -0.15) is 0 Å². The van der Waals surface area contributed by atoms with E-state index in [0.29, 0.717) is 18.2 Å². The molecule has 5 rings (SSSR count). The first-order valence-electron chi connectivity index (χ1n) is 12.3. The largest absolute Gasteiger partial charge is 0.371 e. The zero-order valence-corrected chi connectivity index (χ0v) is 20.0. The Balaban J connectivity index is 1.21. The molecule has 5 heteroatoms. The average molecular weight is 453 g/mol. The van der Waals surface area contributed by atoms with Crippen molar-refractivity contribution in [3.8, 4) is 0 Å². The fourth-order valence-electron chi connectivity index (χ4n) is 4.97. The van der Waals surface area contributed by atoms with Gasteiger partial charge in [-0.25, -0.2) is 4.98 Å². The minimum Gasteiger partial charge on any atom is -0.371 e. The van der Waals surface area contributed by atoms with E-state index in [0.717, 1.165) is 42.0 Å². The summed E-state index contributed by atoms with van der Waals surface area (Å²) in [5.41, 5.74) is 7.20. The van der Waals surface area contributed by atoms with Gasteiger partial charge in [-0.1, -0.05) is 55.5 Å². The molecule has 3 heterocycles. The molecule has 0 radical (unpaired) electrons. The summed E-state index contributed by atoms with van der Waals surface area (Å²) in [5.74, 6) is 0.574. The van der Waals surface area contributed by atoms with Crippen LogP contribution >= 0.6 is 0 Å². The summed E-state index contributed by atoms with van der Waals surface area (Å²) in [5, 5.41) is 3.10. The van der Waals surface area contributed by atoms with E-state index in [1.807, 2.05) is 36.6 Å². The van der Waals surface area contributed by atoms with E-state index in [-0.39, 0.29) is 5.91 Å². The molecule has 0 bridgehead atoms. The smallest absolute Gasteiger partial charge is 0.270 e. The molecule has 1 amide bonds. The third-order valence-electron chi connectivity index (χ3n) is 6.91. The molecule has 0 aliphatic carbocycles. The Morgan fingerprint density at radius 2 is 1.74 bits per heavy atom. The Hall–Kier alpha value is -3.60. The predicted octanol–water partition coefficient (Wildman–Crippen LogP) is 5.52. The minimum absolute atomic E-state index is 0.0815. The van der Waals surface area contributed by atoms with Crippen LogP contribution in [0.4, 0.5) is 5.69 Å². The quantitative estimate of drug-likeness (QED) is 0.419. The van der Waals surface area contributed by atoms with Crippen molar-refractivity contribution in [1.29, 1.82) is 0 Å². The third-order valence-corrected chi connectivity index (χ3v) is 6.91. The van der Waals surface area contributed by atoms with Gasteiger partial charge < -0.3 is 10.2 Å². The lowest BCUT2D eigenvalue weighted by molar-refractivity contribution is 0.0944. The van der Waals surface area contributed by atoms with Crippen LogP contribution in [-0.4, -0.2) is 28.4 Å². The molecule has 34 heavy (non-hydrogen) atoms. The van der Waals surface area contributed by atoms with Crippen molar-refractivity contribution < 1.29 is 4.79 Å². The number of nitrogens with zero attached hydrogens (tertiary/aromatic N) is 3. The van der Waals surface area contributed by atoms with E-state index in [1.54, 1.807) is 0 Å². The first kappa shape index (κ1) is 22.2. The zero-order valence-electron chi connectivity index (χ0n) is 20.0.